The molecular weight excluding hydrogens is 633 g/mol. The van der Waals surface area contributed by atoms with Crippen LogP contribution in [0.3, 0.4) is 0 Å². The van der Waals surface area contributed by atoms with Crippen molar-refractivity contribution in [2.45, 2.75) is 303 Å². The summed E-state index contributed by atoms with van der Waals surface area (Å²) >= 11 is 0. The van der Waals surface area contributed by atoms with Crippen LogP contribution in [0.2, 0.25) is 0 Å². The van der Waals surface area contributed by atoms with E-state index in [1.807, 2.05) is 0 Å². The summed E-state index contributed by atoms with van der Waals surface area (Å²) < 4.78 is 5.48. The maximum Gasteiger partial charge on any atom is 0.305 e. The number of carbonyl (C=O) groups is 1. The normalized spacial score (nSPS) is 11.6. The van der Waals surface area contributed by atoms with Crippen molar-refractivity contribution in [2.24, 2.45) is 5.92 Å². The van der Waals surface area contributed by atoms with E-state index in [4.69, 9.17) is 4.74 Å². The van der Waals surface area contributed by atoms with Gasteiger partial charge in [-0.3, -0.25) is 4.79 Å². The summed E-state index contributed by atoms with van der Waals surface area (Å²) in [6.45, 7) is 7.62. The van der Waals surface area contributed by atoms with Gasteiger partial charge >= 0.3 is 5.97 Å². The highest BCUT2D eigenvalue weighted by molar-refractivity contribution is 5.69. The van der Waals surface area contributed by atoms with Crippen molar-refractivity contribution < 1.29 is 9.53 Å². The van der Waals surface area contributed by atoms with Gasteiger partial charge < -0.3 is 4.74 Å². The molecule has 52 heavy (non-hydrogen) atoms. The minimum Gasteiger partial charge on any atom is -0.466 e. The minimum absolute atomic E-state index is 0.0322. The van der Waals surface area contributed by atoms with Crippen molar-refractivity contribution in [3.05, 3.63) is 0 Å². The van der Waals surface area contributed by atoms with E-state index in [9.17, 15) is 4.79 Å². The van der Waals surface area contributed by atoms with Crippen molar-refractivity contribution in [2.75, 3.05) is 6.61 Å². The zero-order chi connectivity index (χ0) is 37.7. The molecule has 0 radical (unpaired) electrons. The Balaban J connectivity index is 3.13. The van der Waals surface area contributed by atoms with E-state index in [0.717, 1.165) is 18.8 Å². The van der Waals surface area contributed by atoms with Gasteiger partial charge in [0.25, 0.3) is 0 Å². The Labute approximate surface area is 330 Å². The first-order valence-electron chi connectivity index (χ1n) is 24.8. The molecule has 0 fully saturated rings. The summed E-state index contributed by atoms with van der Waals surface area (Å²) in [7, 11) is 0. The fourth-order valence-electron chi connectivity index (χ4n) is 7.97. The summed E-state index contributed by atoms with van der Waals surface area (Å²) in [5.74, 6) is 0.920. The molecule has 0 amide bonds. The van der Waals surface area contributed by atoms with E-state index in [-0.39, 0.29) is 5.97 Å². The van der Waals surface area contributed by atoms with E-state index in [1.54, 1.807) is 0 Å². The van der Waals surface area contributed by atoms with Crippen LogP contribution >= 0.6 is 0 Å². The predicted molar refractivity (Wildman–Crippen MR) is 235 cm³/mol. The Bertz CT molecular complexity index is 642. The van der Waals surface area contributed by atoms with Gasteiger partial charge in [0.1, 0.15) is 0 Å². The number of esters is 1. The van der Waals surface area contributed by atoms with Crippen molar-refractivity contribution in [3.8, 4) is 0 Å². The van der Waals surface area contributed by atoms with Crippen LogP contribution in [0.1, 0.15) is 303 Å². The number of ether oxygens (including phenoxy) is 1. The highest BCUT2D eigenvalue weighted by Gasteiger charge is 2.03. The zero-order valence-corrected chi connectivity index (χ0v) is 36.7. The molecule has 0 aliphatic heterocycles. The number of hydrogen-bond donors (Lipinski definition) is 0. The molecule has 0 N–H and O–H groups in total. The molecule has 312 valence electrons. The average molecular weight is 733 g/mol. The first-order chi connectivity index (χ1) is 25.7. The van der Waals surface area contributed by atoms with Gasteiger partial charge in [-0.2, -0.15) is 0 Å². The largest absolute Gasteiger partial charge is 0.466 e. The minimum atomic E-state index is 0.0322. The van der Waals surface area contributed by atoms with Crippen LogP contribution in [0.5, 0.6) is 0 Å². The third kappa shape index (κ3) is 47.5. The highest BCUT2D eigenvalue weighted by atomic mass is 16.5. The highest BCUT2D eigenvalue weighted by Crippen LogP contribution is 2.18. The second-order valence-electron chi connectivity index (χ2n) is 17.6. The maximum absolute atomic E-state index is 12.0. The molecule has 0 aliphatic carbocycles. The lowest BCUT2D eigenvalue weighted by Gasteiger charge is -2.06. The quantitative estimate of drug-likeness (QED) is 0.0460. The van der Waals surface area contributed by atoms with Crippen LogP contribution in [0.4, 0.5) is 0 Å². The summed E-state index contributed by atoms with van der Waals surface area (Å²) in [5.41, 5.74) is 0. The van der Waals surface area contributed by atoms with Gasteiger partial charge in [-0.05, 0) is 18.8 Å². The van der Waals surface area contributed by atoms with E-state index in [1.165, 1.54) is 263 Å². The lowest BCUT2D eigenvalue weighted by atomic mass is 10.0. The van der Waals surface area contributed by atoms with Gasteiger partial charge in [0.15, 0.2) is 0 Å². The smallest absolute Gasteiger partial charge is 0.305 e. The third-order valence-electron chi connectivity index (χ3n) is 11.7. The van der Waals surface area contributed by atoms with Crippen LogP contribution in [0.25, 0.3) is 0 Å². The number of rotatable bonds is 46. The van der Waals surface area contributed by atoms with E-state index < -0.39 is 0 Å². The Morgan fingerprint density at radius 3 is 0.827 bits per heavy atom. The Kier molecular flexibility index (Phi) is 46.1. The molecule has 0 rings (SSSR count). The molecule has 2 nitrogen and oxygen atoms in total. The lowest BCUT2D eigenvalue weighted by molar-refractivity contribution is -0.143. The molecular formula is C50H100O2. The van der Waals surface area contributed by atoms with Gasteiger partial charge in [-0.25, -0.2) is 0 Å². The Morgan fingerprint density at radius 1 is 0.327 bits per heavy atom. The SMILES string of the molecule is CCCCCCCCCCCCCCCCCC(=O)OCCCCCCCCCCCCCCCCCCCCCCCCCCCCCC(C)C. The summed E-state index contributed by atoms with van der Waals surface area (Å²) in [6.07, 6.45) is 61.0. The molecule has 0 heterocycles. The molecule has 0 bridgehead atoms. The topological polar surface area (TPSA) is 26.3 Å². The second-order valence-corrected chi connectivity index (χ2v) is 17.6. The number of carbonyl (C=O) groups excluding carboxylic acids is 1. The molecule has 0 atom stereocenters. The summed E-state index contributed by atoms with van der Waals surface area (Å²) in [4.78, 5) is 12.0. The van der Waals surface area contributed by atoms with Crippen LogP contribution in [-0.4, -0.2) is 12.6 Å². The lowest BCUT2D eigenvalue weighted by Crippen LogP contribution is -2.05. The molecule has 0 saturated carbocycles. The first-order valence-corrected chi connectivity index (χ1v) is 24.8. The van der Waals surface area contributed by atoms with Crippen molar-refractivity contribution in [1.29, 1.82) is 0 Å². The van der Waals surface area contributed by atoms with Gasteiger partial charge in [-0.1, -0.05) is 284 Å². The van der Waals surface area contributed by atoms with E-state index in [2.05, 4.69) is 20.8 Å². The van der Waals surface area contributed by atoms with Crippen LogP contribution in [-0.2, 0) is 9.53 Å². The molecule has 0 aromatic carbocycles. The van der Waals surface area contributed by atoms with Gasteiger partial charge in [0, 0.05) is 6.42 Å². The molecule has 0 aliphatic rings. The zero-order valence-electron chi connectivity index (χ0n) is 36.7. The molecule has 0 spiro atoms. The maximum atomic E-state index is 12.0. The van der Waals surface area contributed by atoms with Crippen molar-refractivity contribution in [3.63, 3.8) is 0 Å². The average Bonchev–Trinajstić information content (AvgIpc) is 3.13. The predicted octanol–water partition coefficient (Wildman–Crippen LogP) is 18.4. The Morgan fingerprint density at radius 2 is 0.558 bits per heavy atom. The van der Waals surface area contributed by atoms with E-state index >= 15 is 0 Å². The number of hydrogen-bond acceptors (Lipinski definition) is 2. The van der Waals surface area contributed by atoms with E-state index in [0.29, 0.717) is 13.0 Å². The van der Waals surface area contributed by atoms with Crippen LogP contribution in [0, 0.1) is 5.92 Å². The molecule has 2 heteroatoms. The van der Waals surface area contributed by atoms with Gasteiger partial charge in [0.2, 0.25) is 0 Å². The van der Waals surface area contributed by atoms with Crippen molar-refractivity contribution >= 4 is 5.97 Å². The summed E-state index contributed by atoms with van der Waals surface area (Å²) in [5, 5.41) is 0. The van der Waals surface area contributed by atoms with Crippen molar-refractivity contribution in [1.82, 2.24) is 0 Å². The fourth-order valence-corrected chi connectivity index (χ4v) is 7.97. The molecule has 0 unspecified atom stereocenters. The molecule has 0 aromatic rings. The van der Waals surface area contributed by atoms with Crippen LogP contribution in [0.15, 0.2) is 0 Å². The van der Waals surface area contributed by atoms with Gasteiger partial charge in [-0.15, -0.1) is 0 Å². The molecule has 0 saturated heterocycles. The monoisotopic (exact) mass is 733 g/mol. The first kappa shape index (κ1) is 51.5. The molecule has 0 aromatic heterocycles. The standard InChI is InChI=1S/C50H100O2/c1-4-5-6-7-8-9-10-11-25-29-32-35-38-41-44-47-50(51)52-48-45-42-39-36-33-30-27-24-22-20-18-16-14-12-13-15-17-19-21-23-26-28-31-34-37-40-43-46-49(2)3/h49H,4-48H2,1-3H3. The second kappa shape index (κ2) is 46.6. The fraction of sp³-hybridized carbons (Fsp3) is 0.980. The van der Waals surface area contributed by atoms with Crippen LogP contribution < -0.4 is 0 Å². The third-order valence-corrected chi connectivity index (χ3v) is 11.7. The number of unbranched alkanes of at least 4 members (excludes halogenated alkanes) is 40. The Hall–Kier alpha value is -0.530. The van der Waals surface area contributed by atoms with Gasteiger partial charge in [0.05, 0.1) is 6.61 Å². The summed E-state index contributed by atoms with van der Waals surface area (Å²) in [6, 6.07) is 0.